The van der Waals surface area contributed by atoms with Gasteiger partial charge in [0.25, 0.3) is 11.6 Å². The van der Waals surface area contributed by atoms with Gasteiger partial charge < -0.3 is 4.84 Å². The Labute approximate surface area is 140 Å². The van der Waals surface area contributed by atoms with E-state index >= 15 is 0 Å². The lowest BCUT2D eigenvalue weighted by Gasteiger charge is -2.15. The number of hydrogen-bond acceptors (Lipinski definition) is 7. The molecule has 2 aromatic rings. The van der Waals surface area contributed by atoms with Crippen LogP contribution < -0.4 is 4.90 Å². The number of pyridine rings is 1. The molecule has 0 N–H and O–H groups in total. The summed E-state index contributed by atoms with van der Waals surface area (Å²) in [4.78, 5) is 45.8. The van der Waals surface area contributed by atoms with E-state index in [2.05, 4.69) is 10.1 Å². The van der Waals surface area contributed by atoms with Crippen LogP contribution in [-0.4, -0.2) is 33.5 Å². The number of carbonyl (C=O) groups excluding carboxylic acids is 2. The van der Waals surface area contributed by atoms with Gasteiger partial charge in [-0.05, 0) is 18.2 Å². The van der Waals surface area contributed by atoms with Gasteiger partial charge in [-0.25, -0.2) is 4.90 Å². The molecule has 1 fully saturated rings. The summed E-state index contributed by atoms with van der Waals surface area (Å²) in [6, 6.07) is 8.74. The number of amides is 2. The molecule has 2 atom stereocenters. The molecular formula is C16H10N4O5. The molecule has 4 rings (SSSR count). The van der Waals surface area contributed by atoms with E-state index in [0.717, 1.165) is 4.90 Å². The van der Waals surface area contributed by atoms with Crippen LogP contribution in [0.15, 0.2) is 53.9 Å². The molecule has 2 amide bonds. The van der Waals surface area contributed by atoms with Crippen molar-refractivity contribution in [3.8, 4) is 0 Å². The second kappa shape index (κ2) is 5.48. The van der Waals surface area contributed by atoms with Crippen LogP contribution in [0.2, 0.25) is 0 Å². The number of rotatable bonds is 3. The Bertz CT molecular complexity index is 927. The molecule has 9 nitrogen and oxygen atoms in total. The maximum Gasteiger partial charge on any atom is 0.278 e. The lowest BCUT2D eigenvalue weighted by Crippen LogP contribution is -2.33. The quantitative estimate of drug-likeness (QED) is 0.473. The number of non-ortho nitro benzene ring substituents is 1. The number of benzene rings is 1. The maximum absolute atomic E-state index is 12.8. The Balaban J connectivity index is 1.71. The first-order valence-corrected chi connectivity index (χ1v) is 7.34. The molecule has 0 radical (unpaired) electrons. The standard InChI is InChI=1S/C16H10N4O5/c21-15-12-13(9-3-2-6-17-8-9)18-25-14(12)16(22)19(15)10-4-1-5-11(7-10)20(23)24/h1-8,12,14H/t12-,14-/m0/s1. The highest BCUT2D eigenvalue weighted by atomic mass is 16.7. The minimum atomic E-state index is -1.07. The van der Waals surface area contributed by atoms with E-state index < -0.39 is 28.8 Å². The van der Waals surface area contributed by atoms with Crippen LogP contribution in [0.25, 0.3) is 0 Å². The van der Waals surface area contributed by atoms with Gasteiger partial charge in [-0.15, -0.1) is 0 Å². The fourth-order valence-corrected chi connectivity index (χ4v) is 2.93. The number of aromatic nitrogens is 1. The van der Waals surface area contributed by atoms with Gasteiger partial charge in [0.2, 0.25) is 12.0 Å². The SMILES string of the molecule is O=C1[C@H]2C(c3cccnc3)=NO[C@@H]2C(=O)N1c1cccc([N+](=O)[O-])c1. The Morgan fingerprint density at radius 2 is 2.00 bits per heavy atom. The van der Waals surface area contributed by atoms with E-state index in [9.17, 15) is 19.7 Å². The summed E-state index contributed by atoms with van der Waals surface area (Å²) in [6.45, 7) is 0. The monoisotopic (exact) mass is 338 g/mol. The molecule has 0 saturated carbocycles. The highest BCUT2D eigenvalue weighted by molar-refractivity contribution is 6.32. The summed E-state index contributed by atoms with van der Waals surface area (Å²) in [5, 5.41) is 14.8. The third-order valence-electron chi connectivity index (χ3n) is 4.07. The summed E-state index contributed by atoms with van der Waals surface area (Å²) in [7, 11) is 0. The minimum absolute atomic E-state index is 0.132. The zero-order valence-electron chi connectivity index (χ0n) is 12.6. The first-order chi connectivity index (χ1) is 12.1. The van der Waals surface area contributed by atoms with Crippen molar-refractivity contribution in [2.45, 2.75) is 6.10 Å². The first-order valence-electron chi connectivity index (χ1n) is 7.34. The van der Waals surface area contributed by atoms with Crippen LogP contribution in [0.5, 0.6) is 0 Å². The number of hydrogen-bond donors (Lipinski definition) is 0. The predicted octanol–water partition coefficient (Wildman–Crippen LogP) is 1.28. The number of imide groups is 1. The molecule has 1 aromatic carbocycles. The number of nitro benzene ring substituents is 1. The van der Waals surface area contributed by atoms with Crippen molar-refractivity contribution >= 4 is 28.9 Å². The molecular weight excluding hydrogens is 328 g/mol. The van der Waals surface area contributed by atoms with Crippen LogP contribution in [0.3, 0.4) is 0 Å². The molecule has 0 bridgehead atoms. The molecule has 2 aliphatic rings. The smallest absolute Gasteiger partial charge is 0.278 e. The van der Waals surface area contributed by atoms with Gasteiger partial charge in [0.05, 0.1) is 10.6 Å². The highest BCUT2D eigenvalue weighted by Crippen LogP contribution is 2.35. The number of anilines is 1. The Hall–Kier alpha value is -3.62. The number of carbonyl (C=O) groups is 2. The molecule has 25 heavy (non-hydrogen) atoms. The average Bonchev–Trinajstić information content (AvgIpc) is 3.16. The third kappa shape index (κ3) is 2.24. The van der Waals surface area contributed by atoms with Crippen LogP contribution >= 0.6 is 0 Å². The van der Waals surface area contributed by atoms with Crippen molar-refractivity contribution in [3.05, 3.63) is 64.5 Å². The van der Waals surface area contributed by atoms with E-state index in [0.29, 0.717) is 11.3 Å². The molecule has 1 saturated heterocycles. The van der Waals surface area contributed by atoms with E-state index in [1.807, 2.05) is 0 Å². The van der Waals surface area contributed by atoms with Crippen molar-refractivity contribution in [1.29, 1.82) is 0 Å². The fourth-order valence-electron chi connectivity index (χ4n) is 2.93. The zero-order chi connectivity index (χ0) is 17.6. The Morgan fingerprint density at radius 1 is 1.16 bits per heavy atom. The molecule has 0 spiro atoms. The zero-order valence-corrected chi connectivity index (χ0v) is 12.6. The van der Waals surface area contributed by atoms with Crippen molar-refractivity contribution in [1.82, 2.24) is 4.98 Å². The first kappa shape index (κ1) is 14.9. The predicted molar refractivity (Wildman–Crippen MR) is 84.7 cm³/mol. The summed E-state index contributed by atoms with van der Waals surface area (Å²) in [6.07, 6.45) is 2.04. The van der Waals surface area contributed by atoms with Crippen molar-refractivity contribution in [2.24, 2.45) is 11.1 Å². The minimum Gasteiger partial charge on any atom is -0.381 e. The molecule has 9 heteroatoms. The van der Waals surface area contributed by atoms with Gasteiger partial charge in [-0.1, -0.05) is 11.2 Å². The Kier molecular flexibility index (Phi) is 3.27. The van der Waals surface area contributed by atoms with Gasteiger partial charge in [0, 0.05) is 30.1 Å². The second-order valence-corrected chi connectivity index (χ2v) is 5.51. The van der Waals surface area contributed by atoms with Gasteiger partial charge in [-0.3, -0.25) is 24.7 Å². The number of nitro groups is 1. The van der Waals surface area contributed by atoms with Gasteiger partial charge in [0.1, 0.15) is 11.6 Å². The van der Waals surface area contributed by atoms with Crippen molar-refractivity contribution < 1.29 is 19.3 Å². The van der Waals surface area contributed by atoms with Crippen LogP contribution in [0, 0.1) is 16.0 Å². The van der Waals surface area contributed by atoms with Gasteiger partial charge in [-0.2, -0.15) is 0 Å². The largest absolute Gasteiger partial charge is 0.381 e. The van der Waals surface area contributed by atoms with E-state index in [1.54, 1.807) is 18.3 Å². The number of oxime groups is 1. The Morgan fingerprint density at radius 3 is 2.72 bits per heavy atom. The number of fused-ring (bicyclic) bond motifs is 1. The summed E-state index contributed by atoms with van der Waals surface area (Å²) in [5.41, 5.74) is 0.825. The van der Waals surface area contributed by atoms with E-state index in [4.69, 9.17) is 4.84 Å². The molecule has 2 aliphatic heterocycles. The maximum atomic E-state index is 12.8. The van der Waals surface area contributed by atoms with Crippen LogP contribution in [0.4, 0.5) is 11.4 Å². The van der Waals surface area contributed by atoms with Crippen molar-refractivity contribution in [2.75, 3.05) is 4.90 Å². The van der Waals surface area contributed by atoms with Crippen LogP contribution in [0.1, 0.15) is 5.56 Å². The fraction of sp³-hybridized carbons (Fsp3) is 0.125. The molecule has 0 unspecified atom stereocenters. The van der Waals surface area contributed by atoms with Gasteiger partial charge in [0.15, 0.2) is 0 Å². The van der Waals surface area contributed by atoms with E-state index in [1.165, 1.54) is 30.5 Å². The highest BCUT2D eigenvalue weighted by Gasteiger charge is 2.56. The topological polar surface area (TPSA) is 115 Å². The molecule has 1 aromatic heterocycles. The normalized spacial score (nSPS) is 21.8. The molecule has 124 valence electrons. The number of nitrogens with zero attached hydrogens (tertiary/aromatic N) is 4. The molecule has 3 heterocycles. The lowest BCUT2D eigenvalue weighted by molar-refractivity contribution is -0.384. The second-order valence-electron chi connectivity index (χ2n) is 5.51. The van der Waals surface area contributed by atoms with E-state index in [-0.39, 0.29) is 11.4 Å². The summed E-state index contributed by atoms with van der Waals surface area (Å²) >= 11 is 0. The van der Waals surface area contributed by atoms with Crippen LogP contribution in [-0.2, 0) is 14.4 Å². The third-order valence-corrected chi connectivity index (χ3v) is 4.07. The molecule has 0 aliphatic carbocycles. The van der Waals surface area contributed by atoms with Gasteiger partial charge >= 0.3 is 0 Å². The lowest BCUT2D eigenvalue weighted by atomic mass is 9.95. The summed E-state index contributed by atoms with van der Waals surface area (Å²) in [5.74, 6) is -2.02. The average molecular weight is 338 g/mol. The summed E-state index contributed by atoms with van der Waals surface area (Å²) < 4.78 is 0. The van der Waals surface area contributed by atoms with Crippen molar-refractivity contribution in [3.63, 3.8) is 0 Å².